The third kappa shape index (κ3) is 2.83. The number of hydrogen-bond donors (Lipinski definition) is 1. The highest BCUT2D eigenvalue weighted by atomic mass is 35.5. The van der Waals surface area contributed by atoms with E-state index in [2.05, 4.69) is 17.3 Å². The van der Waals surface area contributed by atoms with Crippen LogP contribution in [0.4, 0.5) is 0 Å². The largest absolute Gasteiger partial charge is 0.342 e. The predicted molar refractivity (Wildman–Crippen MR) is 79.9 cm³/mol. The van der Waals surface area contributed by atoms with Crippen LogP contribution in [-0.2, 0) is 11.8 Å². The number of rotatable bonds is 2. The number of likely N-dealkylation sites (tertiary alicyclic amines) is 1. The van der Waals surface area contributed by atoms with Gasteiger partial charge in [0.05, 0.1) is 12.1 Å². The van der Waals surface area contributed by atoms with Crippen molar-refractivity contribution < 1.29 is 4.79 Å². The Morgan fingerprint density at radius 3 is 2.85 bits per heavy atom. The van der Waals surface area contributed by atoms with Crippen LogP contribution >= 0.6 is 12.4 Å². The van der Waals surface area contributed by atoms with Gasteiger partial charge in [0.2, 0.25) is 5.91 Å². The SMILES string of the molecule is CC1CCN(C(=O)[C@H]2CNC[C@@H]2c2cnn(C)c2)C1.Cl. The van der Waals surface area contributed by atoms with Crippen molar-refractivity contribution in [2.45, 2.75) is 19.3 Å². The van der Waals surface area contributed by atoms with Gasteiger partial charge in [-0.15, -0.1) is 12.4 Å². The Morgan fingerprint density at radius 1 is 1.45 bits per heavy atom. The molecule has 2 aliphatic rings. The second-order valence-corrected chi connectivity index (χ2v) is 6.00. The predicted octanol–water partition coefficient (Wildman–Crippen LogP) is 1.01. The molecule has 1 unspecified atom stereocenters. The Kier molecular flexibility index (Phi) is 4.70. The minimum atomic E-state index is 0. The van der Waals surface area contributed by atoms with E-state index in [4.69, 9.17) is 0 Å². The molecule has 2 fully saturated rings. The standard InChI is InChI=1S/C14H22N4O.ClH/c1-10-3-4-18(8-10)14(19)13-7-15-6-12(13)11-5-16-17(2)9-11;/h5,9-10,12-13,15H,3-4,6-8H2,1-2H3;1H/t10?,12-,13+;/m1./s1. The Labute approximate surface area is 126 Å². The molecular weight excluding hydrogens is 276 g/mol. The first kappa shape index (κ1) is 15.3. The van der Waals surface area contributed by atoms with Crippen molar-refractivity contribution in [2.24, 2.45) is 18.9 Å². The molecule has 0 aromatic carbocycles. The van der Waals surface area contributed by atoms with Gasteiger partial charge in [0, 0.05) is 45.3 Å². The third-order valence-corrected chi connectivity index (χ3v) is 4.42. The van der Waals surface area contributed by atoms with E-state index < -0.39 is 0 Å². The van der Waals surface area contributed by atoms with E-state index in [-0.39, 0.29) is 24.2 Å². The number of nitrogens with zero attached hydrogens (tertiary/aromatic N) is 3. The number of amides is 1. The number of aromatic nitrogens is 2. The summed E-state index contributed by atoms with van der Waals surface area (Å²) in [5, 5.41) is 7.59. The first-order valence-electron chi connectivity index (χ1n) is 7.13. The molecular formula is C14H23ClN4O. The molecule has 0 bridgehead atoms. The van der Waals surface area contributed by atoms with Crippen LogP contribution in [0.1, 0.15) is 24.8 Å². The van der Waals surface area contributed by atoms with Crippen molar-refractivity contribution in [3.8, 4) is 0 Å². The van der Waals surface area contributed by atoms with Gasteiger partial charge in [-0.2, -0.15) is 5.10 Å². The zero-order valence-corrected chi connectivity index (χ0v) is 12.9. The Balaban J connectivity index is 0.00000147. The average Bonchev–Trinajstić information content (AvgIpc) is 3.07. The van der Waals surface area contributed by atoms with E-state index in [1.807, 2.05) is 29.0 Å². The number of carbonyl (C=O) groups excluding carboxylic acids is 1. The van der Waals surface area contributed by atoms with Gasteiger partial charge in [0.25, 0.3) is 0 Å². The summed E-state index contributed by atoms with van der Waals surface area (Å²) in [6.45, 7) is 5.75. The molecule has 0 spiro atoms. The van der Waals surface area contributed by atoms with Crippen molar-refractivity contribution in [3.63, 3.8) is 0 Å². The van der Waals surface area contributed by atoms with Crippen molar-refractivity contribution in [2.75, 3.05) is 26.2 Å². The van der Waals surface area contributed by atoms with Gasteiger partial charge in [-0.3, -0.25) is 9.48 Å². The Bertz CT molecular complexity index is 475. The molecule has 2 saturated heterocycles. The van der Waals surface area contributed by atoms with Gasteiger partial charge in [0.1, 0.15) is 0 Å². The van der Waals surface area contributed by atoms with Crippen LogP contribution in [-0.4, -0.2) is 46.8 Å². The summed E-state index contributed by atoms with van der Waals surface area (Å²) >= 11 is 0. The summed E-state index contributed by atoms with van der Waals surface area (Å²) in [6, 6.07) is 0. The first-order chi connectivity index (χ1) is 9.15. The Hall–Kier alpha value is -1.07. The highest BCUT2D eigenvalue weighted by molar-refractivity contribution is 5.85. The van der Waals surface area contributed by atoms with Crippen LogP contribution in [0, 0.1) is 11.8 Å². The number of halogens is 1. The molecule has 1 N–H and O–H groups in total. The topological polar surface area (TPSA) is 50.2 Å². The smallest absolute Gasteiger partial charge is 0.227 e. The fourth-order valence-corrected chi connectivity index (χ4v) is 3.29. The molecule has 20 heavy (non-hydrogen) atoms. The number of hydrogen-bond acceptors (Lipinski definition) is 3. The molecule has 6 heteroatoms. The van der Waals surface area contributed by atoms with Crippen LogP contribution in [0.2, 0.25) is 0 Å². The van der Waals surface area contributed by atoms with Crippen LogP contribution in [0.5, 0.6) is 0 Å². The van der Waals surface area contributed by atoms with Crippen molar-refractivity contribution in [1.82, 2.24) is 20.0 Å². The molecule has 0 radical (unpaired) electrons. The molecule has 0 saturated carbocycles. The van der Waals surface area contributed by atoms with Gasteiger partial charge < -0.3 is 10.2 Å². The second-order valence-electron chi connectivity index (χ2n) is 6.00. The molecule has 1 aromatic rings. The lowest BCUT2D eigenvalue weighted by Gasteiger charge is -2.23. The molecule has 3 heterocycles. The molecule has 1 amide bonds. The van der Waals surface area contributed by atoms with Crippen molar-refractivity contribution in [3.05, 3.63) is 18.0 Å². The minimum Gasteiger partial charge on any atom is -0.342 e. The molecule has 2 aliphatic heterocycles. The summed E-state index contributed by atoms with van der Waals surface area (Å²) in [4.78, 5) is 14.7. The number of nitrogens with one attached hydrogen (secondary N) is 1. The van der Waals surface area contributed by atoms with Crippen molar-refractivity contribution >= 4 is 18.3 Å². The zero-order valence-electron chi connectivity index (χ0n) is 12.1. The number of carbonyl (C=O) groups is 1. The van der Waals surface area contributed by atoms with E-state index in [0.717, 1.165) is 32.6 Å². The molecule has 3 atom stereocenters. The van der Waals surface area contributed by atoms with Crippen LogP contribution in [0.3, 0.4) is 0 Å². The fourth-order valence-electron chi connectivity index (χ4n) is 3.29. The maximum Gasteiger partial charge on any atom is 0.227 e. The summed E-state index contributed by atoms with van der Waals surface area (Å²) in [6.07, 6.45) is 5.07. The number of aryl methyl sites for hydroxylation is 1. The lowest BCUT2D eigenvalue weighted by atomic mass is 9.90. The van der Waals surface area contributed by atoms with Gasteiger partial charge in [-0.05, 0) is 17.9 Å². The lowest BCUT2D eigenvalue weighted by molar-refractivity contribution is -0.134. The maximum atomic E-state index is 12.6. The Morgan fingerprint density at radius 2 is 2.25 bits per heavy atom. The van der Waals surface area contributed by atoms with E-state index in [0.29, 0.717) is 11.8 Å². The van der Waals surface area contributed by atoms with Crippen LogP contribution in [0.15, 0.2) is 12.4 Å². The van der Waals surface area contributed by atoms with Crippen LogP contribution < -0.4 is 5.32 Å². The molecule has 5 nitrogen and oxygen atoms in total. The highest BCUT2D eigenvalue weighted by Gasteiger charge is 2.38. The van der Waals surface area contributed by atoms with Gasteiger partial charge in [0.15, 0.2) is 0 Å². The van der Waals surface area contributed by atoms with E-state index in [9.17, 15) is 4.79 Å². The zero-order chi connectivity index (χ0) is 13.4. The first-order valence-corrected chi connectivity index (χ1v) is 7.13. The molecule has 3 rings (SSSR count). The fraction of sp³-hybridized carbons (Fsp3) is 0.714. The van der Waals surface area contributed by atoms with Crippen LogP contribution in [0.25, 0.3) is 0 Å². The minimum absolute atomic E-state index is 0. The second kappa shape index (κ2) is 6.14. The highest BCUT2D eigenvalue weighted by Crippen LogP contribution is 2.30. The van der Waals surface area contributed by atoms with Gasteiger partial charge in [-0.1, -0.05) is 6.92 Å². The average molecular weight is 299 g/mol. The summed E-state index contributed by atoms with van der Waals surface area (Å²) in [5.41, 5.74) is 1.18. The summed E-state index contributed by atoms with van der Waals surface area (Å²) in [5.74, 6) is 1.32. The van der Waals surface area contributed by atoms with E-state index in [1.54, 1.807) is 0 Å². The quantitative estimate of drug-likeness (QED) is 0.887. The van der Waals surface area contributed by atoms with E-state index in [1.165, 1.54) is 5.56 Å². The summed E-state index contributed by atoms with van der Waals surface area (Å²) < 4.78 is 1.81. The van der Waals surface area contributed by atoms with Gasteiger partial charge >= 0.3 is 0 Å². The van der Waals surface area contributed by atoms with E-state index >= 15 is 0 Å². The monoisotopic (exact) mass is 298 g/mol. The maximum absolute atomic E-state index is 12.6. The third-order valence-electron chi connectivity index (χ3n) is 4.42. The summed E-state index contributed by atoms with van der Waals surface area (Å²) in [7, 11) is 1.92. The molecule has 1 aromatic heterocycles. The molecule has 112 valence electrons. The normalized spacial score (nSPS) is 29.5. The lowest BCUT2D eigenvalue weighted by Crippen LogP contribution is -2.37. The van der Waals surface area contributed by atoms with Gasteiger partial charge in [-0.25, -0.2) is 0 Å². The molecule has 0 aliphatic carbocycles. The van der Waals surface area contributed by atoms with Crippen molar-refractivity contribution in [1.29, 1.82) is 0 Å².